The fourth-order valence-electron chi connectivity index (χ4n) is 2.54. The zero-order valence-electron chi connectivity index (χ0n) is 12.8. The summed E-state index contributed by atoms with van der Waals surface area (Å²) in [5.74, 6) is 0. The molecule has 0 bridgehead atoms. The minimum atomic E-state index is -0.551. The summed E-state index contributed by atoms with van der Waals surface area (Å²) in [6.45, 7) is 2.18. The fraction of sp³-hybridized carbons (Fsp3) is 0.250. The summed E-state index contributed by atoms with van der Waals surface area (Å²) in [4.78, 5) is 0. The summed E-state index contributed by atoms with van der Waals surface area (Å²) in [5.41, 5.74) is 4.52. The number of benzene rings is 2. The zero-order chi connectivity index (χ0) is 20.0. The largest absolute Gasteiger partial charge is 0.161 e. The quantitative estimate of drug-likeness (QED) is 0.163. The Labute approximate surface area is 237 Å². The molecule has 0 spiro atoms. The molecule has 0 heterocycles. The maximum atomic E-state index is 3.81. The molecule has 0 aromatic heterocycles. The van der Waals surface area contributed by atoms with E-state index in [2.05, 4.69) is 172 Å². The zero-order valence-corrected chi connectivity index (χ0v) is 28.6. The molecule has 0 unspecified atom stereocenters. The van der Waals surface area contributed by atoms with Crippen LogP contribution in [0.5, 0.6) is 0 Å². The van der Waals surface area contributed by atoms with Gasteiger partial charge in [-0.25, -0.2) is 0 Å². The van der Waals surface area contributed by atoms with Gasteiger partial charge in [-0.3, -0.25) is 0 Å². The third-order valence-corrected chi connectivity index (χ3v) is 12.9. The summed E-state index contributed by atoms with van der Waals surface area (Å²) >= 11 is 37.1. The van der Waals surface area contributed by atoms with Gasteiger partial charge >= 0.3 is 0 Å². The van der Waals surface area contributed by atoms with Gasteiger partial charge in [0.2, 0.25) is 0 Å². The molecule has 0 fully saturated rings. The Morgan fingerprint density at radius 3 is 1.77 bits per heavy atom. The van der Waals surface area contributed by atoms with Gasteiger partial charge in [0.15, 0.2) is 2.14 Å². The first-order chi connectivity index (χ1) is 11.9. The molecule has 2 rings (SSSR count). The molecule has 0 N–H and O–H groups in total. The van der Waals surface area contributed by atoms with Crippen LogP contribution in [0.15, 0.2) is 37.4 Å². The van der Waals surface area contributed by atoms with E-state index in [4.69, 9.17) is 0 Å². The molecule has 0 atom stereocenters. The summed E-state index contributed by atoms with van der Waals surface area (Å²) in [5, 5.41) is 0. The van der Waals surface area contributed by atoms with Crippen LogP contribution in [-0.2, 0) is 8.56 Å². The monoisotopic (exact) mass is 989 g/mol. The summed E-state index contributed by atoms with van der Waals surface area (Å²) in [7, 11) is 0. The van der Waals surface area contributed by atoms with E-state index in [0.29, 0.717) is 0 Å². The standard InChI is InChI=1S/C16H8Br10/c1-2-3-5-8(6-4-7(17)11(19)14(22)10(6)18)12(20)15(23)13(21)9(5)16(24,25)26/h4H,2-3H2,1H3. The minimum absolute atomic E-state index is 0.551. The number of hydrogen-bond acceptors (Lipinski definition) is 0. The van der Waals surface area contributed by atoms with Crippen LogP contribution in [-0.4, -0.2) is 0 Å². The van der Waals surface area contributed by atoms with Gasteiger partial charge < -0.3 is 0 Å². The van der Waals surface area contributed by atoms with E-state index in [-0.39, 0.29) is 0 Å². The number of hydrogen-bond donors (Lipinski definition) is 0. The molecule has 0 aliphatic rings. The first-order valence-electron chi connectivity index (χ1n) is 7.03. The van der Waals surface area contributed by atoms with Crippen molar-refractivity contribution in [2.24, 2.45) is 0 Å². The maximum Gasteiger partial charge on any atom is 0.161 e. The van der Waals surface area contributed by atoms with E-state index in [1.807, 2.05) is 0 Å². The average Bonchev–Trinajstić information content (AvgIpc) is 2.54. The van der Waals surface area contributed by atoms with Crippen molar-refractivity contribution in [3.05, 3.63) is 48.5 Å². The predicted octanol–water partition coefficient (Wildman–Crippen LogP) is 11.9. The van der Waals surface area contributed by atoms with Crippen molar-refractivity contribution in [1.29, 1.82) is 0 Å². The predicted molar refractivity (Wildman–Crippen MR) is 148 cm³/mol. The van der Waals surface area contributed by atoms with Crippen LogP contribution < -0.4 is 0 Å². The molecule has 2 aromatic carbocycles. The highest BCUT2D eigenvalue weighted by atomic mass is 80.0. The highest BCUT2D eigenvalue weighted by Gasteiger charge is 2.33. The topological polar surface area (TPSA) is 0 Å². The van der Waals surface area contributed by atoms with Crippen LogP contribution in [0.3, 0.4) is 0 Å². The minimum Gasteiger partial charge on any atom is -0.0651 e. The first-order valence-corrected chi connectivity index (χ1v) is 15.0. The summed E-state index contributed by atoms with van der Waals surface area (Å²) in [6.07, 6.45) is 1.93. The van der Waals surface area contributed by atoms with Gasteiger partial charge in [-0.1, -0.05) is 61.1 Å². The van der Waals surface area contributed by atoms with Crippen LogP contribution >= 0.6 is 159 Å². The van der Waals surface area contributed by atoms with E-state index in [9.17, 15) is 0 Å². The Morgan fingerprint density at radius 1 is 0.731 bits per heavy atom. The molecule has 0 aliphatic heterocycles. The number of rotatable bonds is 3. The second kappa shape index (κ2) is 10.2. The highest BCUT2D eigenvalue weighted by Crippen LogP contribution is 2.56. The van der Waals surface area contributed by atoms with E-state index in [1.165, 1.54) is 5.56 Å². The van der Waals surface area contributed by atoms with Gasteiger partial charge in [-0.05, 0) is 135 Å². The third-order valence-electron chi connectivity index (χ3n) is 3.58. The Hall–Kier alpha value is 3.24. The maximum absolute atomic E-state index is 3.81. The van der Waals surface area contributed by atoms with E-state index >= 15 is 0 Å². The lowest BCUT2D eigenvalue weighted by molar-refractivity contribution is 0.907. The van der Waals surface area contributed by atoms with Crippen molar-refractivity contribution in [2.75, 3.05) is 0 Å². The molecule has 26 heavy (non-hydrogen) atoms. The van der Waals surface area contributed by atoms with Crippen LogP contribution in [0, 0.1) is 0 Å². The van der Waals surface area contributed by atoms with Gasteiger partial charge in [0.1, 0.15) is 0 Å². The van der Waals surface area contributed by atoms with Crippen molar-refractivity contribution < 1.29 is 0 Å². The van der Waals surface area contributed by atoms with Crippen molar-refractivity contribution in [3.63, 3.8) is 0 Å². The lowest BCUT2D eigenvalue weighted by Crippen LogP contribution is -2.09. The molecule has 142 valence electrons. The lowest BCUT2D eigenvalue weighted by atomic mass is 9.93. The average molecular weight is 999 g/mol. The Morgan fingerprint density at radius 2 is 1.27 bits per heavy atom. The van der Waals surface area contributed by atoms with Crippen molar-refractivity contribution in [2.45, 2.75) is 21.9 Å². The van der Waals surface area contributed by atoms with E-state index in [1.54, 1.807) is 0 Å². The van der Waals surface area contributed by atoms with Gasteiger partial charge in [0.05, 0.1) is 0 Å². The molecule has 0 saturated carbocycles. The van der Waals surface area contributed by atoms with E-state index in [0.717, 1.165) is 60.8 Å². The van der Waals surface area contributed by atoms with E-state index < -0.39 is 2.14 Å². The molecule has 0 aliphatic carbocycles. The molecular weight excluding hydrogens is 991 g/mol. The molecule has 0 nitrogen and oxygen atoms in total. The van der Waals surface area contributed by atoms with Crippen molar-refractivity contribution in [3.8, 4) is 11.1 Å². The highest BCUT2D eigenvalue weighted by molar-refractivity contribution is 9.38. The second-order valence-corrected chi connectivity index (χ2v) is 17.6. The second-order valence-electron chi connectivity index (χ2n) is 5.27. The fourth-order valence-corrected chi connectivity index (χ4v) is 8.91. The Bertz CT molecular complexity index is 867. The van der Waals surface area contributed by atoms with Crippen molar-refractivity contribution in [1.82, 2.24) is 0 Å². The van der Waals surface area contributed by atoms with Crippen LogP contribution in [0.4, 0.5) is 0 Å². The first kappa shape index (κ1) is 25.5. The molecule has 2 aromatic rings. The SMILES string of the molecule is CCCc1c(-c2cc(Br)c(Br)c(Br)c2Br)c(Br)c(Br)c(Br)c1C(Br)(Br)Br. The van der Waals surface area contributed by atoms with Crippen LogP contribution in [0.2, 0.25) is 0 Å². The summed E-state index contributed by atoms with van der Waals surface area (Å²) < 4.78 is 6.25. The smallest absolute Gasteiger partial charge is 0.0651 e. The molecule has 0 amide bonds. The molecule has 0 radical (unpaired) electrons. The third kappa shape index (κ3) is 5.17. The van der Waals surface area contributed by atoms with Gasteiger partial charge in [0.25, 0.3) is 0 Å². The number of alkyl halides is 3. The van der Waals surface area contributed by atoms with Gasteiger partial charge in [-0.2, -0.15) is 0 Å². The molecular formula is C16H8Br10. The van der Waals surface area contributed by atoms with Gasteiger partial charge in [0, 0.05) is 42.4 Å². The molecule has 0 saturated heterocycles. The normalized spacial score (nSPS) is 12.0. The van der Waals surface area contributed by atoms with Crippen LogP contribution in [0.25, 0.3) is 11.1 Å². The Kier molecular flexibility index (Phi) is 10.0. The van der Waals surface area contributed by atoms with Crippen molar-refractivity contribution >= 4 is 159 Å². The van der Waals surface area contributed by atoms with Crippen LogP contribution in [0.1, 0.15) is 24.5 Å². The lowest BCUT2D eigenvalue weighted by Gasteiger charge is -2.26. The summed E-state index contributed by atoms with van der Waals surface area (Å²) in [6, 6.07) is 2.11. The van der Waals surface area contributed by atoms with Gasteiger partial charge in [-0.15, -0.1) is 0 Å². The number of halogens is 10. The Balaban J connectivity index is 3.05. The molecule has 10 heteroatoms.